The van der Waals surface area contributed by atoms with Crippen molar-refractivity contribution in [3.63, 3.8) is 0 Å². The van der Waals surface area contributed by atoms with E-state index in [9.17, 15) is 8.42 Å². The molecule has 4 nitrogen and oxygen atoms in total. The van der Waals surface area contributed by atoms with Crippen LogP contribution in [-0.2, 0) is 10.0 Å². The third-order valence-corrected chi connectivity index (χ3v) is 4.78. The van der Waals surface area contributed by atoms with E-state index in [4.69, 9.17) is 5.11 Å². The maximum absolute atomic E-state index is 12.1. The molecule has 0 bridgehead atoms. The summed E-state index contributed by atoms with van der Waals surface area (Å²) in [4.78, 5) is 0.258. The van der Waals surface area contributed by atoms with Crippen LogP contribution in [0.1, 0.15) is 13.3 Å². The molecule has 0 aliphatic heterocycles. The summed E-state index contributed by atoms with van der Waals surface area (Å²) in [5.74, 6) is 0. The molecule has 1 rings (SSSR count). The molecule has 0 fully saturated rings. The Morgan fingerprint density at radius 2 is 1.88 bits per heavy atom. The molecule has 1 atom stereocenters. The highest BCUT2D eigenvalue weighted by Crippen LogP contribution is 2.18. The molecule has 0 saturated carbocycles. The first kappa shape index (κ1) is 14.6. The summed E-state index contributed by atoms with van der Waals surface area (Å²) in [6, 6.07) is 6.49. The van der Waals surface area contributed by atoms with Crippen molar-refractivity contribution in [2.75, 3.05) is 13.6 Å². The van der Waals surface area contributed by atoms with Gasteiger partial charge >= 0.3 is 0 Å². The highest BCUT2D eigenvalue weighted by Gasteiger charge is 2.20. The lowest BCUT2D eigenvalue weighted by Crippen LogP contribution is -2.29. The van der Waals surface area contributed by atoms with E-state index in [0.717, 1.165) is 4.47 Å². The fourth-order valence-electron chi connectivity index (χ4n) is 1.28. The fraction of sp³-hybridized carbons (Fsp3) is 0.455. The lowest BCUT2D eigenvalue weighted by Gasteiger charge is -2.17. The third-order valence-electron chi connectivity index (χ3n) is 2.38. The highest BCUT2D eigenvalue weighted by molar-refractivity contribution is 9.10. The molecule has 17 heavy (non-hydrogen) atoms. The number of benzene rings is 1. The molecule has 0 aliphatic rings. The van der Waals surface area contributed by atoms with Gasteiger partial charge in [-0.2, -0.15) is 0 Å². The molecule has 0 aliphatic carbocycles. The lowest BCUT2D eigenvalue weighted by atomic mass is 10.3. The zero-order valence-electron chi connectivity index (χ0n) is 9.80. The van der Waals surface area contributed by atoms with Gasteiger partial charge in [-0.3, -0.25) is 0 Å². The molecule has 0 heterocycles. The maximum atomic E-state index is 12.1. The molecule has 1 N–H and O–H groups in total. The minimum atomic E-state index is -3.45. The average Bonchev–Trinajstić information content (AvgIpc) is 2.26. The molecule has 96 valence electrons. The van der Waals surface area contributed by atoms with Crippen molar-refractivity contribution in [2.24, 2.45) is 0 Å². The van der Waals surface area contributed by atoms with Crippen LogP contribution in [0.4, 0.5) is 0 Å². The minimum Gasteiger partial charge on any atom is -0.393 e. The van der Waals surface area contributed by atoms with Crippen LogP contribution in [0, 0.1) is 0 Å². The van der Waals surface area contributed by atoms with Crippen LogP contribution in [0.15, 0.2) is 33.6 Å². The Kier molecular flexibility index (Phi) is 5.12. The highest BCUT2D eigenvalue weighted by atomic mass is 79.9. The zero-order valence-corrected chi connectivity index (χ0v) is 12.2. The largest absolute Gasteiger partial charge is 0.393 e. The van der Waals surface area contributed by atoms with Crippen LogP contribution in [0.2, 0.25) is 0 Å². The Labute approximate surface area is 110 Å². The summed E-state index contributed by atoms with van der Waals surface area (Å²) in [5, 5.41) is 9.15. The first-order chi connectivity index (χ1) is 7.84. The average molecular weight is 322 g/mol. The minimum absolute atomic E-state index is 0.258. The van der Waals surface area contributed by atoms with Gasteiger partial charge in [0.25, 0.3) is 0 Å². The van der Waals surface area contributed by atoms with Crippen molar-refractivity contribution >= 4 is 26.0 Å². The summed E-state index contributed by atoms with van der Waals surface area (Å²) in [6.07, 6.45) is -0.0794. The van der Waals surface area contributed by atoms with Gasteiger partial charge in [-0.1, -0.05) is 15.9 Å². The first-order valence-corrected chi connectivity index (χ1v) is 7.47. The predicted molar refractivity (Wildman–Crippen MR) is 70.3 cm³/mol. The molecule has 1 aromatic carbocycles. The number of rotatable bonds is 5. The standard InChI is InChI=1S/C11H16BrNO3S/c1-9(14)7-8-13(2)17(15,16)11-5-3-10(12)4-6-11/h3-6,9,14H,7-8H2,1-2H3. The van der Waals surface area contributed by atoms with E-state index in [1.165, 1.54) is 11.4 Å². The Hall–Kier alpha value is -0.430. The van der Waals surface area contributed by atoms with E-state index in [1.807, 2.05) is 0 Å². The van der Waals surface area contributed by atoms with Crippen LogP contribution in [0.3, 0.4) is 0 Å². The van der Waals surface area contributed by atoms with Gasteiger partial charge in [0, 0.05) is 18.1 Å². The fourth-order valence-corrected chi connectivity index (χ4v) is 2.73. The number of hydrogen-bond acceptors (Lipinski definition) is 3. The summed E-state index contributed by atoms with van der Waals surface area (Å²) in [7, 11) is -1.94. The summed E-state index contributed by atoms with van der Waals surface area (Å²) in [6.45, 7) is 1.94. The van der Waals surface area contributed by atoms with Gasteiger partial charge in [-0.25, -0.2) is 12.7 Å². The Bertz CT molecular complexity index is 456. The topological polar surface area (TPSA) is 57.6 Å². The van der Waals surface area contributed by atoms with Crippen molar-refractivity contribution in [2.45, 2.75) is 24.3 Å². The maximum Gasteiger partial charge on any atom is 0.242 e. The van der Waals surface area contributed by atoms with Crippen LogP contribution >= 0.6 is 15.9 Å². The smallest absolute Gasteiger partial charge is 0.242 e. The molecular weight excluding hydrogens is 306 g/mol. The molecule has 0 saturated heterocycles. The monoisotopic (exact) mass is 321 g/mol. The molecule has 0 spiro atoms. The van der Waals surface area contributed by atoms with Gasteiger partial charge in [-0.15, -0.1) is 0 Å². The van der Waals surface area contributed by atoms with E-state index >= 15 is 0 Å². The van der Waals surface area contributed by atoms with Gasteiger partial charge < -0.3 is 5.11 Å². The van der Waals surface area contributed by atoms with Gasteiger partial charge in [0.15, 0.2) is 0 Å². The van der Waals surface area contributed by atoms with Crippen LogP contribution in [0.5, 0.6) is 0 Å². The van der Waals surface area contributed by atoms with Crippen molar-refractivity contribution in [1.29, 1.82) is 0 Å². The zero-order chi connectivity index (χ0) is 13.1. The van der Waals surface area contributed by atoms with Gasteiger partial charge in [0.2, 0.25) is 10.0 Å². The lowest BCUT2D eigenvalue weighted by molar-refractivity contribution is 0.177. The van der Waals surface area contributed by atoms with E-state index in [-0.39, 0.29) is 4.90 Å². The Morgan fingerprint density at radius 1 is 1.35 bits per heavy atom. The normalized spacial score (nSPS) is 13.9. The SMILES string of the molecule is CC(O)CCN(C)S(=O)(=O)c1ccc(Br)cc1. The summed E-state index contributed by atoms with van der Waals surface area (Å²) < 4.78 is 26.3. The number of aliphatic hydroxyl groups is 1. The van der Waals surface area contributed by atoms with E-state index < -0.39 is 16.1 Å². The van der Waals surface area contributed by atoms with E-state index in [1.54, 1.807) is 31.2 Å². The first-order valence-electron chi connectivity index (χ1n) is 5.24. The molecule has 0 amide bonds. The molecule has 6 heteroatoms. The van der Waals surface area contributed by atoms with Crippen molar-refractivity contribution < 1.29 is 13.5 Å². The Balaban J connectivity index is 2.84. The summed E-state index contributed by atoms with van der Waals surface area (Å²) in [5.41, 5.74) is 0. The van der Waals surface area contributed by atoms with Crippen molar-refractivity contribution in [3.8, 4) is 0 Å². The Morgan fingerprint density at radius 3 is 2.35 bits per heavy atom. The van der Waals surface area contributed by atoms with E-state index in [2.05, 4.69) is 15.9 Å². The quantitative estimate of drug-likeness (QED) is 0.900. The van der Waals surface area contributed by atoms with Gasteiger partial charge in [-0.05, 0) is 37.6 Å². The van der Waals surface area contributed by atoms with Crippen molar-refractivity contribution in [1.82, 2.24) is 4.31 Å². The van der Waals surface area contributed by atoms with E-state index in [0.29, 0.717) is 13.0 Å². The van der Waals surface area contributed by atoms with Crippen LogP contribution in [0.25, 0.3) is 0 Å². The third kappa shape index (κ3) is 4.06. The van der Waals surface area contributed by atoms with Gasteiger partial charge in [0.1, 0.15) is 0 Å². The second-order valence-electron chi connectivity index (χ2n) is 3.92. The molecule has 0 aromatic heterocycles. The second kappa shape index (κ2) is 5.95. The predicted octanol–water partition coefficient (Wildman–Crippen LogP) is 1.84. The molecule has 0 radical (unpaired) electrons. The number of hydrogen-bond donors (Lipinski definition) is 1. The number of halogens is 1. The van der Waals surface area contributed by atoms with Crippen LogP contribution < -0.4 is 0 Å². The second-order valence-corrected chi connectivity index (χ2v) is 6.88. The van der Waals surface area contributed by atoms with Crippen LogP contribution in [-0.4, -0.2) is 37.5 Å². The van der Waals surface area contributed by atoms with Gasteiger partial charge in [0.05, 0.1) is 11.0 Å². The molecule has 1 aromatic rings. The number of nitrogens with zero attached hydrogens (tertiary/aromatic N) is 1. The number of sulfonamides is 1. The molecular formula is C11H16BrNO3S. The molecule has 1 unspecified atom stereocenters. The van der Waals surface area contributed by atoms with Crippen molar-refractivity contribution in [3.05, 3.63) is 28.7 Å². The number of aliphatic hydroxyl groups excluding tert-OH is 1. The summed E-state index contributed by atoms with van der Waals surface area (Å²) >= 11 is 3.26.